The molecule has 0 bridgehead atoms. The standard InChI is InChI=1S/C20H32N4O2/c1-16(22(5)15-18(25)21-20(2,3)4)19(26)24-13-11-23(12-14-24)17-9-7-6-8-10-17/h6-10,16H,11-15H2,1-5H3,(H,21,25)/t16-/m1/s1. The molecule has 1 aromatic rings. The maximum atomic E-state index is 12.8. The van der Waals surface area contributed by atoms with Crippen LogP contribution in [0.4, 0.5) is 5.69 Å². The summed E-state index contributed by atoms with van der Waals surface area (Å²) in [6.45, 7) is 11.0. The normalized spacial score (nSPS) is 16.5. The summed E-state index contributed by atoms with van der Waals surface area (Å²) in [6, 6.07) is 9.96. The van der Waals surface area contributed by atoms with Crippen LogP contribution in [0, 0.1) is 0 Å². The number of carbonyl (C=O) groups is 2. The molecule has 1 aromatic carbocycles. The second-order valence-corrected chi connectivity index (χ2v) is 8.04. The second kappa shape index (κ2) is 8.54. The van der Waals surface area contributed by atoms with Gasteiger partial charge in [0.1, 0.15) is 0 Å². The zero-order valence-electron chi connectivity index (χ0n) is 16.7. The highest BCUT2D eigenvalue weighted by atomic mass is 16.2. The Kier molecular flexibility index (Phi) is 6.64. The van der Waals surface area contributed by atoms with Crippen molar-refractivity contribution < 1.29 is 9.59 Å². The van der Waals surface area contributed by atoms with Crippen LogP contribution in [0.15, 0.2) is 30.3 Å². The molecule has 26 heavy (non-hydrogen) atoms. The fraction of sp³-hybridized carbons (Fsp3) is 0.600. The topological polar surface area (TPSA) is 55.9 Å². The average Bonchev–Trinajstić information content (AvgIpc) is 2.59. The number of benzene rings is 1. The molecule has 0 saturated carbocycles. The van der Waals surface area contributed by atoms with E-state index in [0.717, 1.165) is 13.1 Å². The summed E-state index contributed by atoms with van der Waals surface area (Å²) in [6.07, 6.45) is 0. The lowest BCUT2D eigenvalue weighted by atomic mass is 10.1. The number of amides is 2. The third kappa shape index (κ3) is 5.73. The third-order valence-corrected chi connectivity index (χ3v) is 4.64. The van der Waals surface area contributed by atoms with Gasteiger partial charge in [-0.1, -0.05) is 18.2 Å². The minimum absolute atomic E-state index is 0.0615. The molecule has 1 fully saturated rings. The summed E-state index contributed by atoms with van der Waals surface area (Å²) in [4.78, 5) is 30.9. The van der Waals surface area contributed by atoms with Crippen molar-refractivity contribution in [1.82, 2.24) is 15.1 Å². The highest BCUT2D eigenvalue weighted by Gasteiger charge is 2.28. The Morgan fingerprint density at radius 3 is 2.23 bits per heavy atom. The van der Waals surface area contributed by atoms with Gasteiger partial charge in [-0.3, -0.25) is 14.5 Å². The first-order valence-corrected chi connectivity index (χ1v) is 9.27. The van der Waals surface area contributed by atoms with Crippen molar-refractivity contribution >= 4 is 17.5 Å². The molecule has 1 N–H and O–H groups in total. The minimum atomic E-state index is -0.316. The number of rotatable bonds is 5. The van der Waals surface area contributed by atoms with Crippen LogP contribution in [-0.4, -0.2) is 73.0 Å². The first-order chi connectivity index (χ1) is 12.2. The van der Waals surface area contributed by atoms with Crippen molar-refractivity contribution in [3.63, 3.8) is 0 Å². The quantitative estimate of drug-likeness (QED) is 0.866. The average molecular weight is 361 g/mol. The third-order valence-electron chi connectivity index (χ3n) is 4.64. The number of hydrogen-bond donors (Lipinski definition) is 1. The van der Waals surface area contributed by atoms with Gasteiger partial charge in [0.25, 0.3) is 0 Å². The number of anilines is 1. The number of nitrogens with one attached hydrogen (secondary N) is 1. The van der Waals surface area contributed by atoms with Crippen LogP contribution >= 0.6 is 0 Å². The zero-order valence-corrected chi connectivity index (χ0v) is 16.7. The fourth-order valence-corrected chi connectivity index (χ4v) is 3.10. The van der Waals surface area contributed by atoms with Gasteiger partial charge in [0.15, 0.2) is 0 Å². The molecule has 1 heterocycles. The molecule has 1 aliphatic heterocycles. The first kappa shape index (κ1) is 20.2. The van der Waals surface area contributed by atoms with E-state index in [2.05, 4.69) is 22.3 Å². The van der Waals surface area contributed by atoms with Gasteiger partial charge < -0.3 is 15.1 Å². The highest BCUT2D eigenvalue weighted by Crippen LogP contribution is 2.16. The minimum Gasteiger partial charge on any atom is -0.368 e. The molecule has 6 nitrogen and oxygen atoms in total. The maximum Gasteiger partial charge on any atom is 0.239 e. The summed E-state index contributed by atoms with van der Waals surface area (Å²) in [5.74, 6) is 0.0253. The number of piperazine rings is 1. The smallest absolute Gasteiger partial charge is 0.239 e. The summed E-state index contributed by atoms with van der Waals surface area (Å²) < 4.78 is 0. The van der Waals surface area contributed by atoms with Gasteiger partial charge >= 0.3 is 0 Å². The predicted molar refractivity (Wildman–Crippen MR) is 105 cm³/mol. The zero-order chi connectivity index (χ0) is 19.3. The summed E-state index contributed by atoms with van der Waals surface area (Å²) in [5, 5.41) is 2.94. The van der Waals surface area contributed by atoms with E-state index in [9.17, 15) is 9.59 Å². The van der Waals surface area contributed by atoms with E-state index < -0.39 is 0 Å². The van der Waals surface area contributed by atoms with E-state index in [-0.39, 0.29) is 29.9 Å². The van der Waals surface area contributed by atoms with Gasteiger partial charge in [0.2, 0.25) is 11.8 Å². The predicted octanol–water partition coefficient (Wildman–Crippen LogP) is 1.57. The number of likely N-dealkylation sites (N-methyl/N-ethyl adjacent to an activating group) is 1. The molecule has 1 aliphatic rings. The van der Waals surface area contributed by atoms with E-state index in [1.54, 1.807) is 0 Å². The second-order valence-electron chi connectivity index (χ2n) is 8.04. The van der Waals surface area contributed by atoms with Crippen LogP contribution in [0.25, 0.3) is 0 Å². The van der Waals surface area contributed by atoms with E-state index >= 15 is 0 Å². The van der Waals surface area contributed by atoms with E-state index in [0.29, 0.717) is 13.1 Å². The lowest BCUT2D eigenvalue weighted by molar-refractivity contribution is -0.137. The van der Waals surface area contributed by atoms with Crippen LogP contribution in [-0.2, 0) is 9.59 Å². The van der Waals surface area contributed by atoms with Crippen LogP contribution in [0.5, 0.6) is 0 Å². The summed E-state index contributed by atoms with van der Waals surface area (Å²) >= 11 is 0. The van der Waals surface area contributed by atoms with Crippen molar-refractivity contribution in [1.29, 1.82) is 0 Å². The van der Waals surface area contributed by atoms with Gasteiger partial charge in [-0.25, -0.2) is 0 Å². The van der Waals surface area contributed by atoms with Gasteiger partial charge in [-0.2, -0.15) is 0 Å². The molecule has 1 atom stereocenters. The van der Waals surface area contributed by atoms with Crippen molar-refractivity contribution in [2.75, 3.05) is 44.7 Å². The molecule has 0 radical (unpaired) electrons. The van der Waals surface area contributed by atoms with Crippen molar-refractivity contribution in [2.24, 2.45) is 0 Å². The summed E-state index contributed by atoms with van der Waals surface area (Å²) in [5.41, 5.74) is 0.933. The van der Waals surface area contributed by atoms with Crippen LogP contribution in [0.1, 0.15) is 27.7 Å². The van der Waals surface area contributed by atoms with Crippen LogP contribution in [0.3, 0.4) is 0 Å². The Bertz CT molecular complexity index is 604. The van der Waals surface area contributed by atoms with Crippen molar-refractivity contribution in [3.05, 3.63) is 30.3 Å². The Labute approximate surface area is 157 Å². The molecule has 2 amide bonds. The number of hydrogen-bond acceptors (Lipinski definition) is 4. The summed E-state index contributed by atoms with van der Waals surface area (Å²) in [7, 11) is 1.82. The van der Waals surface area contributed by atoms with Crippen LogP contribution < -0.4 is 10.2 Å². The van der Waals surface area contributed by atoms with Gasteiger partial charge in [-0.05, 0) is 46.9 Å². The Morgan fingerprint density at radius 2 is 1.69 bits per heavy atom. The van der Waals surface area contributed by atoms with Gasteiger partial charge in [0, 0.05) is 37.4 Å². The molecule has 144 valence electrons. The van der Waals surface area contributed by atoms with Gasteiger partial charge in [0.05, 0.1) is 12.6 Å². The first-order valence-electron chi connectivity index (χ1n) is 9.27. The Balaban J connectivity index is 1.84. The Hall–Kier alpha value is -2.08. The maximum absolute atomic E-state index is 12.8. The molecule has 0 aliphatic carbocycles. The number of nitrogens with zero attached hydrogens (tertiary/aromatic N) is 3. The lowest BCUT2D eigenvalue weighted by Crippen LogP contribution is -2.55. The van der Waals surface area contributed by atoms with Crippen molar-refractivity contribution in [2.45, 2.75) is 39.3 Å². The largest absolute Gasteiger partial charge is 0.368 e. The number of carbonyl (C=O) groups excluding carboxylic acids is 2. The molecular weight excluding hydrogens is 328 g/mol. The highest BCUT2D eigenvalue weighted by molar-refractivity contribution is 5.83. The molecule has 2 rings (SSSR count). The fourth-order valence-electron chi connectivity index (χ4n) is 3.10. The lowest BCUT2D eigenvalue weighted by Gasteiger charge is -2.38. The molecule has 0 spiro atoms. The molecule has 0 unspecified atom stereocenters. The molecular formula is C20H32N4O2. The molecule has 6 heteroatoms. The van der Waals surface area contributed by atoms with Crippen molar-refractivity contribution in [3.8, 4) is 0 Å². The SMILES string of the molecule is C[C@H](C(=O)N1CCN(c2ccccc2)CC1)N(C)CC(=O)NC(C)(C)C. The number of para-hydroxylation sites is 1. The molecule has 0 aromatic heterocycles. The van der Waals surface area contributed by atoms with E-state index in [1.165, 1.54) is 5.69 Å². The monoisotopic (exact) mass is 360 g/mol. The Morgan fingerprint density at radius 1 is 1.12 bits per heavy atom. The van der Waals surface area contributed by atoms with Crippen LogP contribution in [0.2, 0.25) is 0 Å². The molecule has 1 saturated heterocycles. The van der Waals surface area contributed by atoms with E-state index in [4.69, 9.17) is 0 Å². The van der Waals surface area contributed by atoms with Gasteiger partial charge in [-0.15, -0.1) is 0 Å². The van der Waals surface area contributed by atoms with E-state index in [1.807, 2.05) is 62.7 Å².